The van der Waals surface area contributed by atoms with Crippen LogP contribution in [-0.2, 0) is 4.79 Å². The van der Waals surface area contributed by atoms with Crippen LogP contribution >= 0.6 is 0 Å². The molecule has 31 heavy (non-hydrogen) atoms. The fourth-order valence-electron chi connectivity index (χ4n) is 3.56. The van der Waals surface area contributed by atoms with Crippen molar-refractivity contribution in [3.05, 3.63) is 47.5 Å². The van der Waals surface area contributed by atoms with Crippen LogP contribution in [0.15, 0.2) is 36.4 Å². The lowest BCUT2D eigenvalue weighted by molar-refractivity contribution is -0.131. The Bertz CT molecular complexity index is 922. The largest absolute Gasteiger partial charge is 0.504 e. The Morgan fingerprint density at radius 1 is 0.968 bits per heavy atom. The number of rotatable bonds is 6. The molecule has 3 rings (SSSR count). The van der Waals surface area contributed by atoms with E-state index in [0.717, 1.165) is 23.4 Å². The molecule has 0 saturated carbocycles. The van der Waals surface area contributed by atoms with Crippen LogP contribution < -0.4 is 4.74 Å². The van der Waals surface area contributed by atoms with Gasteiger partial charge in [0.25, 0.3) is 5.91 Å². The van der Waals surface area contributed by atoms with Gasteiger partial charge in [-0.05, 0) is 43.5 Å². The summed E-state index contributed by atoms with van der Waals surface area (Å²) in [6.45, 7) is 4.23. The van der Waals surface area contributed by atoms with Gasteiger partial charge in [0.1, 0.15) is 5.75 Å². The highest BCUT2D eigenvalue weighted by Gasteiger charge is 2.24. The van der Waals surface area contributed by atoms with Gasteiger partial charge in [-0.15, -0.1) is 0 Å². The normalized spacial score (nSPS) is 14.2. The molecular weight excluding hydrogens is 400 g/mol. The number of para-hydroxylation sites is 1. The molecule has 0 unspecified atom stereocenters. The zero-order valence-corrected chi connectivity index (χ0v) is 17.6. The number of benzene rings is 2. The van der Waals surface area contributed by atoms with Crippen molar-refractivity contribution in [1.82, 2.24) is 9.80 Å². The van der Waals surface area contributed by atoms with Crippen molar-refractivity contribution in [3.63, 3.8) is 0 Å². The van der Waals surface area contributed by atoms with E-state index >= 15 is 0 Å². The number of amides is 2. The lowest BCUT2D eigenvalue weighted by Gasteiger charge is -2.22. The predicted molar refractivity (Wildman–Crippen MR) is 114 cm³/mol. The van der Waals surface area contributed by atoms with Gasteiger partial charge in [0.15, 0.2) is 17.2 Å². The van der Waals surface area contributed by atoms with Crippen molar-refractivity contribution in [2.75, 3.05) is 32.8 Å². The summed E-state index contributed by atoms with van der Waals surface area (Å²) in [5, 5.41) is 28.7. The van der Waals surface area contributed by atoms with Gasteiger partial charge in [-0.25, -0.2) is 0 Å². The summed E-state index contributed by atoms with van der Waals surface area (Å²) < 4.78 is 5.74. The van der Waals surface area contributed by atoms with Gasteiger partial charge in [-0.1, -0.05) is 18.2 Å². The van der Waals surface area contributed by atoms with E-state index in [4.69, 9.17) is 4.74 Å². The van der Waals surface area contributed by atoms with Crippen LogP contribution in [0.1, 0.15) is 35.2 Å². The molecule has 0 radical (unpaired) electrons. The van der Waals surface area contributed by atoms with Gasteiger partial charge in [-0.2, -0.15) is 0 Å². The summed E-state index contributed by atoms with van der Waals surface area (Å²) in [4.78, 5) is 28.6. The minimum absolute atomic E-state index is 0.0302. The molecule has 8 nitrogen and oxygen atoms in total. The summed E-state index contributed by atoms with van der Waals surface area (Å²) >= 11 is 0. The molecule has 0 atom stereocenters. The van der Waals surface area contributed by atoms with Crippen LogP contribution in [0.25, 0.3) is 0 Å². The average molecular weight is 428 g/mol. The van der Waals surface area contributed by atoms with Gasteiger partial charge >= 0.3 is 0 Å². The Kier molecular flexibility index (Phi) is 7.23. The first-order valence-electron chi connectivity index (χ1n) is 10.4. The summed E-state index contributed by atoms with van der Waals surface area (Å²) in [5.41, 5.74) is 1.14. The lowest BCUT2D eigenvalue weighted by Crippen LogP contribution is -2.37. The van der Waals surface area contributed by atoms with Crippen molar-refractivity contribution in [2.45, 2.75) is 26.2 Å². The van der Waals surface area contributed by atoms with Gasteiger partial charge < -0.3 is 29.9 Å². The maximum Gasteiger partial charge on any atom is 0.254 e. The molecule has 2 aromatic carbocycles. The molecule has 1 saturated heterocycles. The van der Waals surface area contributed by atoms with Crippen LogP contribution in [0.4, 0.5) is 0 Å². The first-order chi connectivity index (χ1) is 14.9. The second-order valence-corrected chi connectivity index (χ2v) is 7.61. The molecule has 0 bridgehead atoms. The van der Waals surface area contributed by atoms with Crippen molar-refractivity contribution in [3.8, 4) is 23.0 Å². The first-order valence-corrected chi connectivity index (χ1v) is 10.4. The SMILES string of the molecule is Cc1ccccc1OCCCC(=O)N1CCCN(C(=O)c2cc(O)c(O)c(O)c2)CC1. The standard InChI is InChI=1S/C23H28N2O6/c1-16-6-2-3-7-20(16)31-13-4-8-21(28)24-9-5-10-25(12-11-24)23(30)17-14-18(26)22(29)19(27)15-17/h2-3,6-7,14-15,26-27,29H,4-5,8-13H2,1H3. The highest BCUT2D eigenvalue weighted by molar-refractivity contribution is 5.95. The van der Waals surface area contributed by atoms with Gasteiger partial charge in [-0.3, -0.25) is 9.59 Å². The van der Waals surface area contributed by atoms with Crippen LogP contribution in [0.5, 0.6) is 23.0 Å². The van der Waals surface area contributed by atoms with Crippen molar-refractivity contribution < 1.29 is 29.6 Å². The first kappa shape index (κ1) is 22.3. The second-order valence-electron chi connectivity index (χ2n) is 7.61. The average Bonchev–Trinajstić information content (AvgIpc) is 3.01. The number of hydrogen-bond donors (Lipinski definition) is 3. The summed E-state index contributed by atoms with van der Waals surface area (Å²) in [7, 11) is 0. The van der Waals surface area contributed by atoms with E-state index in [9.17, 15) is 24.9 Å². The van der Waals surface area contributed by atoms with Crippen LogP contribution in [0, 0.1) is 6.92 Å². The number of phenols is 3. The van der Waals surface area contributed by atoms with Gasteiger partial charge in [0, 0.05) is 38.2 Å². The molecule has 1 aliphatic heterocycles. The number of aryl methyl sites for hydroxylation is 1. The Morgan fingerprint density at radius 2 is 1.61 bits per heavy atom. The van der Waals surface area contributed by atoms with E-state index in [0.29, 0.717) is 52.0 Å². The molecule has 0 aromatic heterocycles. The fraction of sp³-hybridized carbons (Fsp3) is 0.391. The monoisotopic (exact) mass is 428 g/mol. The number of hydrogen-bond acceptors (Lipinski definition) is 6. The van der Waals surface area contributed by atoms with Crippen molar-refractivity contribution >= 4 is 11.8 Å². The molecule has 1 aliphatic rings. The summed E-state index contributed by atoms with van der Waals surface area (Å²) in [6, 6.07) is 10.0. The van der Waals surface area contributed by atoms with Gasteiger partial charge in [0.05, 0.1) is 6.61 Å². The molecule has 3 N–H and O–H groups in total. The maximum atomic E-state index is 12.7. The molecule has 2 amide bonds. The Hall–Kier alpha value is -3.42. The number of nitrogens with zero attached hydrogens (tertiary/aromatic N) is 2. The molecule has 0 aliphatic carbocycles. The number of carbonyl (C=O) groups is 2. The highest BCUT2D eigenvalue weighted by atomic mass is 16.5. The van der Waals surface area contributed by atoms with E-state index < -0.39 is 17.2 Å². The third-order valence-electron chi connectivity index (χ3n) is 5.34. The molecular formula is C23H28N2O6. The van der Waals surface area contributed by atoms with Crippen LogP contribution in [0.3, 0.4) is 0 Å². The number of carbonyl (C=O) groups excluding carboxylic acids is 2. The van der Waals surface area contributed by atoms with Crippen molar-refractivity contribution in [2.24, 2.45) is 0 Å². The Balaban J connectivity index is 1.48. The minimum Gasteiger partial charge on any atom is -0.504 e. The smallest absolute Gasteiger partial charge is 0.254 e. The highest BCUT2D eigenvalue weighted by Crippen LogP contribution is 2.35. The van der Waals surface area contributed by atoms with Crippen molar-refractivity contribution in [1.29, 1.82) is 0 Å². The van der Waals surface area contributed by atoms with E-state index in [2.05, 4.69) is 0 Å². The third-order valence-corrected chi connectivity index (χ3v) is 5.34. The molecule has 1 fully saturated rings. The zero-order valence-electron chi connectivity index (χ0n) is 17.6. The maximum absolute atomic E-state index is 12.7. The zero-order chi connectivity index (χ0) is 22.4. The third kappa shape index (κ3) is 5.59. The number of ether oxygens (including phenoxy) is 1. The Morgan fingerprint density at radius 3 is 2.32 bits per heavy atom. The van der Waals surface area contributed by atoms with Crippen LogP contribution in [-0.4, -0.2) is 69.7 Å². The van der Waals surface area contributed by atoms with E-state index in [1.807, 2.05) is 31.2 Å². The predicted octanol–water partition coefficient (Wildman–Crippen LogP) is 2.65. The Labute approximate surface area is 181 Å². The number of phenolic OH excluding ortho intramolecular Hbond substituents is 3. The topological polar surface area (TPSA) is 111 Å². The quantitative estimate of drug-likeness (QED) is 0.482. The summed E-state index contributed by atoms with van der Waals surface area (Å²) in [5.74, 6) is -1.28. The second kappa shape index (κ2) is 10.1. The van der Waals surface area contributed by atoms with E-state index in [1.165, 1.54) is 0 Å². The minimum atomic E-state index is -0.657. The van der Waals surface area contributed by atoms with E-state index in [1.54, 1.807) is 9.80 Å². The molecule has 166 valence electrons. The summed E-state index contributed by atoms with van der Waals surface area (Å²) in [6.07, 6.45) is 1.62. The molecule has 2 aromatic rings. The molecule has 1 heterocycles. The number of aromatic hydroxyl groups is 3. The lowest BCUT2D eigenvalue weighted by atomic mass is 10.1. The fourth-order valence-corrected chi connectivity index (χ4v) is 3.56. The molecule has 8 heteroatoms. The van der Waals surface area contributed by atoms with E-state index in [-0.39, 0.29) is 17.4 Å². The molecule has 0 spiro atoms. The van der Waals surface area contributed by atoms with Gasteiger partial charge in [0.2, 0.25) is 5.91 Å². The van der Waals surface area contributed by atoms with Crippen LogP contribution in [0.2, 0.25) is 0 Å².